The SMILES string of the molecule is Cc1c(-c2cccc3c(C)c[nH]c23)cc(O)c2c1-n1c(C)nnc1C(C)(C)N2. The van der Waals surface area contributed by atoms with E-state index >= 15 is 0 Å². The molecule has 0 amide bonds. The van der Waals surface area contributed by atoms with Crippen LogP contribution < -0.4 is 5.32 Å². The molecule has 0 radical (unpaired) electrons. The molecule has 2 aromatic carbocycles. The monoisotopic (exact) mass is 373 g/mol. The second kappa shape index (κ2) is 5.38. The molecule has 1 aliphatic rings. The molecule has 6 nitrogen and oxygen atoms in total. The van der Waals surface area contributed by atoms with Crippen molar-refractivity contribution < 1.29 is 5.11 Å². The molecule has 0 atom stereocenters. The number of aryl methyl sites for hydroxylation is 2. The van der Waals surface area contributed by atoms with Gasteiger partial charge in [0.15, 0.2) is 5.82 Å². The molecule has 28 heavy (non-hydrogen) atoms. The summed E-state index contributed by atoms with van der Waals surface area (Å²) in [6.07, 6.45) is 2.02. The normalized spacial score (nSPS) is 14.6. The number of hydrogen-bond acceptors (Lipinski definition) is 4. The third-order valence-corrected chi connectivity index (χ3v) is 5.79. The fourth-order valence-corrected chi connectivity index (χ4v) is 4.36. The lowest BCUT2D eigenvalue weighted by Crippen LogP contribution is -2.36. The first kappa shape index (κ1) is 16.9. The van der Waals surface area contributed by atoms with Gasteiger partial charge in [-0.25, -0.2) is 0 Å². The molecule has 3 heterocycles. The number of aromatic amines is 1. The van der Waals surface area contributed by atoms with Crippen molar-refractivity contribution in [3.63, 3.8) is 0 Å². The number of para-hydroxylation sites is 1. The summed E-state index contributed by atoms with van der Waals surface area (Å²) in [6, 6.07) is 8.12. The Morgan fingerprint density at radius 2 is 1.86 bits per heavy atom. The number of benzene rings is 2. The third kappa shape index (κ3) is 2.08. The minimum atomic E-state index is -0.434. The Hall–Kier alpha value is -3.28. The van der Waals surface area contributed by atoms with Crippen molar-refractivity contribution in [2.75, 3.05) is 5.32 Å². The molecule has 4 aromatic rings. The van der Waals surface area contributed by atoms with Crippen molar-refractivity contribution >= 4 is 16.6 Å². The number of rotatable bonds is 1. The Labute approximate surface area is 163 Å². The van der Waals surface area contributed by atoms with E-state index in [0.29, 0.717) is 0 Å². The Bertz CT molecular complexity index is 1260. The maximum Gasteiger partial charge on any atom is 0.162 e. The number of aromatic nitrogens is 4. The van der Waals surface area contributed by atoms with Gasteiger partial charge < -0.3 is 15.4 Å². The highest BCUT2D eigenvalue weighted by Crippen LogP contribution is 2.47. The first-order valence-electron chi connectivity index (χ1n) is 9.44. The van der Waals surface area contributed by atoms with Crippen LogP contribution in [-0.2, 0) is 5.54 Å². The summed E-state index contributed by atoms with van der Waals surface area (Å²) >= 11 is 0. The molecule has 5 rings (SSSR count). The number of nitrogens with one attached hydrogen (secondary N) is 2. The molecule has 0 saturated heterocycles. The predicted molar refractivity (Wildman–Crippen MR) is 111 cm³/mol. The van der Waals surface area contributed by atoms with Gasteiger partial charge in [0.05, 0.1) is 16.7 Å². The Kier molecular flexibility index (Phi) is 3.24. The number of hydrogen-bond donors (Lipinski definition) is 3. The second-order valence-corrected chi connectivity index (χ2v) is 8.15. The van der Waals surface area contributed by atoms with Gasteiger partial charge in [0, 0.05) is 17.1 Å². The minimum Gasteiger partial charge on any atom is -0.506 e. The van der Waals surface area contributed by atoms with Crippen LogP contribution in [0.3, 0.4) is 0 Å². The van der Waals surface area contributed by atoms with Crippen molar-refractivity contribution in [2.24, 2.45) is 0 Å². The molecule has 3 N–H and O–H groups in total. The van der Waals surface area contributed by atoms with Crippen molar-refractivity contribution in [2.45, 2.75) is 40.2 Å². The fraction of sp³-hybridized carbons (Fsp3) is 0.273. The molecule has 0 aliphatic carbocycles. The maximum absolute atomic E-state index is 11.0. The average molecular weight is 373 g/mol. The highest BCUT2D eigenvalue weighted by Gasteiger charge is 2.37. The largest absolute Gasteiger partial charge is 0.506 e. The van der Waals surface area contributed by atoms with E-state index in [1.807, 2.05) is 33.0 Å². The van der Waals surface area contributed by atoms with Crippen molar-refractivity contribution in [1.29, 1.82) is 0 Å². The summed E-state index contributed by atoms with van der Waals surface area (Å²) in [5, 5.41) is 24.3. The van der Waals surface area contributed by atoms with Crippen molar-refractivity contribution in [3.8, 4) is 22.6 Å². The average Bonchev–Trinajstić information content (AvgIpc) is 3.22. The predicted octanol–water partition coefficient (Wildman–Crippen LogP) is 4.71. The maximum atomic E-state index is 11.0. The molecule has 0 spiro atoms. The first-order chi connectivity index (χ1) is 13.3. The van der Waals surface area contributed by atoms with E-state index in [-0.39, 0.29) is 5.75 Å². The van der Waals surface area contributed by atoms with Crippen LogP contribution in [0.5, 0.6) is 5.75 Å². The molecule has 0 saturated carbocycles. The van der Waals surface area contributed by atoms with E-state index in [9.17, 15) is 5.11 Å². The van der Waals surface area contributed by atoms with E-state index in [2.05, 4.69) is 57.1 Å². The third-order valence-electron chi connectivity index (χ3n) is 5.79. The van der Waals surface area contributed by atoms with Gasteiger partial charge in [-0.2, -0.15) is 0 Å². The minimum absolute atomic E-state index is 0.225. The van der Waals surface area contributed by atoms with Crippen LogP contribution in [0.25, 0.3) is 27.7 Å². The summed E-state index contributed by atoms with van der Waals surface area (Å²) in [5.74, 6) is 1.87. The smallest absolute Gasteiger partial charge is 0.162 e. The number of nitrogens with zero attached hydrogens (tertiary/aromatic N) is 3. The molecule has 142 valence electrons. The second-order valence-electron chi connectivity index (χ2n) is 8.15. The lowest BCUT2D eigenvalue weighted by molar-refractivity contribution is 0.466. The van der Waals surface area contributed by atoms with Crippen LogP contribution in [0.2, 0.25) is 0 Å². The molecule has 1 aliphatic heterocycles. The lowest BCUT2D eigenvalue weighted by atomic mass is 9.92. The molecule has 0 bridgehead atoms. The number of phenolic OH excluding ortho intramolecular Hbond substituents is 1. The molecular weight excluding hydrogens is 350 g/mol. The van der Waals surface area contributed by atoms with Crippen LogP contribution in [-0.4, -0.2) is 24.9 Å². The van der Waals surface area contributed by atoms with Gasteiger partial charge in [0.1, 0.15) is 17.3 Å². The van der Waals surface area contributed by atoms with Gasteiger partial charge in [-0.15, -0.1) is 10.2 Å². The van der Waals surface area contributed by atoms with Gasteiger partial charge in [-0.3, -0.25) is 4.57 Å². The standard InChI is InChI=1S/C22H23N5O/c1-11-10-23-18-14(11)7-6-8-15(18)16-9-17(28)19-20(12(16)2)27-13(3)25-26-21(27)22(4,5)24-19/h6-10,23-24,28H,1-5H3. The highest BCUT2D eigenvalue weighted by molar-refractivity contribution is 5.98. The van der Waals surface area contributed by atoms with Crippen LogP contribution >= 0.6 is 0 Å². The van der Waals surface area contributed by atoms with E-state index in [0.717, 1.165) is 45.2 Å². The van der Waals surface area contributed by atoms with Crippen LogP contribution in [0.1, 0.15) is 36.6 Å². The topological polar surface area (TPSA) is 78.8 Å². The highest BCUT2D eigenvalue weighted by atomic mass is 16.3. The molecule has 6 heteroatoms. The Morgan fingerprint density at radius 3 is 2.64 bits per heavy atom. The number of phenols is 1. The van der Waals surface area contributed by atoms with Gasteiger partial charge in [-0.1, -0.05) is 18.2 Å². The zero-order valence-corrected chi connectivity index (χ0v) is 16.7. The van der Waals surface area contributed by atoms with E-state index in [4.69, 9.17) is 0 Å². The zero-order valence-electron chi connectivity index (χ0n) is 16.7. The summed E-state index contributed by atoms with van der Waals surface area (Å²) in [7, 11) is 0. The summed E-state index contributed by atoms with van der Waals surface area (Å²) in [5.41, 5.74) is 6.60. The molecular formula is C22H23N5O. The molecule has 0 fully saturated rings. The number of fused-ring (bicyclic) bond motifs is 4. The summed E-state index contributed by atoms with van der Waals surface area (Å²) in [6.45, 7) is 10.2. The van der Waals surface area contributed by atoms with Crippen LogP contribution in [0.15, 0.2) is 30.5 Å². The zero-order chi connectivity index (χ0) is 19.8. The summed E-state index contributed by atoms with van der Waals surface area (Å²) < 4.78 is 2.06. The van der Waals surface area contributed by atoms with Gasteiger partial charge in [0.2, 0.25) is 0 Å². The molecule has 0 unspecified atom stereocenters. The number of H-pyrrole nitrogens is 1. The Balaban J connectivity index is 1.86. The van der Waals surface area contributed by atoms with Gasteiger partial charge in [-0.05, 0) is 57.4 Å². The number of anilines is 1. The van der Waals surface area contributed by atoms with Crippen molar-refractivity contribution in [1.82, 2.24) is 19.7 Å². The molecule has 2 aromatic heterocycles. The van der Waals surface area contributed by atoms with Crippen molar-refractivity contribution in [3.05, 3.63) is 53.2 Å². The fourth-order valence-electron chi connectivity index (χ4n) is 4.36. The van der Waals surface area contributed by atoms with E-state index < -0.39 is 5.54 Å². The summed E-state index contributed by atoms with van der Waals surface area (Å²) in [4.78, 5) is 3.39. The van der Waals surface area contributed by atoms with E-state index in [1.54, 1.807) is 0 Å². The first-order valence-corrected chi connectivity index (χ1v) is 9.44. The number of aromatic hydroxyl groups is 1. The quantitative estimate of drug-likeness (QED) is 0.422. The van der Waals surface area contributed by atoms with Gasteiger partial charge >= 0.3 is 0 Å². The van der Waals surface area contributed by atoms with E-state index in [1.165, 1.54) is 10.9 Å². The lowest BCUT2D eigenvalue weighted by Gasteiger charge is -2.35. The Morgan fingerprint density at radius 1 is 1.07 bits per heavy atom. The van der Waals surface area contributed by atoms with Crippen LogP contribution in [0, 0.1) is 20.8 Å². The van der Waals surface area contributed by atoms with Gasteiger partial charge in [0.25, 0.3) is 0 Å². The van der Waals surface area contributed by atoms with Crippen LogP contribution in [0.4, 0.5) is 5.69 Å².